The Labute approximate surface area is 174 Å². The molecule has 0 unspecified atom stereocenters. The van der Waals surface area contributed by atoms with Crippen molar-refractivity contribution in [2.75, 3.05) is 31.5 Å². The van der Waals surface area contributed by atoms with Gasteiger partial charge in [0.25, 0.3) is 11.8 Å². The number of methoxy groups -OCH3 is 2. The summed E-state index contributed by atoms with van der Waals surface area (Å²) < 4.78 is 15.9. The van der Waals surface area contributed by atoms with Crippen LogP contribution in [0, 0.1) is 0 Å². The summed E-state index contributed by atoms with van der Waals surface area (Å²) in [5, 5.41) is 5.53. The lowest BCUT2D eigenvalue weighted by Crippen LogP contribution is -2.20. The van der Waals surface area contributed by atoms with Crippen LogP contribution in [0.15, 0.2) is 72.8 Å². The standard InChI is InChI=1S/C23H22N2O5/c1-28-19-8-4-3-7-18(19)25-23(27)16-11-13-17(14-12-16)24-22(26)15-30-21-10-6-5-9-20(21)29-2/h3-14H,15H2,1-2H3,(H,24,26)(H,25,27). The maximum Gasteiger partial charge on any atom is 0.262 e. The molecule has 0 aliphatic heterocycles. The van der Waals surface area contributed by atoms with Crippen molar-refractivity contribution in [3.63, 3.8) is 0 Å². The second-order valence-electron chi connectivity index (χ2n) is 6.22. The van der Waals surface area contributed by atoms with Crippen LogP contribution in [0.5, 0.6) is 17.2 Å². The summed E-state index contributed by atoms with van der Waals surface area (Å²) in [6.07, 6.45) is 0. The molecule has 0 bridgehead atoms. The number of para-hydroxylation sites is 4. The third-order valence-electron chi connectivity index (χ3n) is 4.21. The normalized spacial score (nSPS) is 10.1. The van der Waals surface area contributed by atoms with E-state index in [1.165, 1.54) is 7.11 Å². The fraction of sp³-hybridized carbons (Fsp3) is 0.130. The summed E-state index contributed by atoms with van der Waals surface area (Å²) in [5.74, 6) is 1.00. The molecule has 0 aliphatic rings. The van der Waals surface area contributed by atoms with Crippen molar-refractivity contribution in [1.82, 2.24) is 0 Å². The summed E-state index contributed by atoms with van der Waals surface area (Å²) in [4.78, 5) is 24.6. The van der Waals surface area contributed by atoms with Gasteiger partial charge in [-0.3, -0.25) is 9.59 Å². The third kappa shape index (κ3) is 5.29. The largest absolute Gasteiger partial charge is 0.495 e. The highest BCUT2D eigenvalue weighted by molar-refractivity contribution is 6.05. The van der Waals surface area contributed by atoms with E-state index in [0.717, 1.165) is 0 Å². The molecule has 0 saturated carbocycles. The molecule has 0 aliphatic carbocycles. The minimum absolute atomic E-state index is 0.170. The lowest BCUT2D eigenvalue weighted by Gasteiger charge is -2.11. The highest BCUT2D eigenvalue weighted by Crippen LogP contribution is 2.26. The number of hydrogen-bond donors (Lipinski definition) is 2. The number of anilines is 2. The predicted octanol–water partition coefficient (Wildman–Crippen LogP) is 3.97. The maximum absolute atomic E-state index is 12.4. The van der Waals surface area contributed by atoms with Crippen LogP contribution >= 0.6 is 0 Å². The Kier molecular flexibility index (Phi) is 6.89. The first-order valence-corrected chi connectivity index (χ1v) is 9.21. The molecule has 0 atom stereocenters. The van der Waals surface area contributed by atoms with E-state index < -0.39 is 0 Å². The number of rotatable bonds is 8. The van der Waals surface area contributed by atoms with Gasteiger partial charge in [0.05, 0.1) is 19.9 Å². The van der Waals surface area contributed by atoms with Crippen LogP contribution in [-0.4, -0.2) is 32.6 Å². The van der Waals surface area contributed by atoms with Gasteiger partial charge >= 0.3 is 0 Å². The van der Waals surface area contributed by atoms with Gasteiger partial charge in [0.1, 0.15) is 5.75 Å². The van der Waals surface area contributed by atoms with Gasteiger partial charge in [-0.25, -0.2) is 0 Å². The fourth-order valence-corrected chi connectivity index (χ4v) is 2.73. The topological polar surface area (TPSA) is 85.9 Å². The molecule has 3 aromatic rings. The number of carbonyl (C=O) groups is 2. The fourth-order valence-electron chi connectivity index (χ4n) is 2.73. The van der Waals surface area contributed by atoms with Gasteiger partial charge in [-0.05, 0) is 48.5 Å². The highest BCUT2D eigenvalue weighted by atomic mass is 16.5. The summed E-state index contributed by atoms with van der Waals surface area (Å²) >= 11 is 0. The van der Waals surface area contributed by atoms with E-state index in [9.17, 15) is 9.59 Å². The molecule has 0 radical (unpaired) electrons. The van der Waals surface area contributed by atoms with Gasteiger partial charge in [0.15, 0.2) is 18.1 Å². The van der Waals surface area contributed by atoms with Crippen molar-refractivity contribution in [2.45, 2.75) is 0 Å². The van der Waals surface area contributed by atoms with Gasteiger partial charge in [-0.1, -0.05) is 24.3 Å². The molecule has 0 heterocycles. The van der Waals surface area contributed by atoms with Crippen LogP contribution in [0.25, 0.3) is 0 Å². The van der Waals surface area contributed by atoms with Crippen LogP contribution in [0.4, 0.5) is 11.4 Å². The third-order valence-corrected chi connectivity index (χ3v) is 4.21. The van der Waals surface area contributed by atoms with Crippen LogP contribution in [0.3, 0.4) is 0 Å². The first-order chi connectivity index (χ1) is 14.6. The van der Waals surface area contributed by atoms with Gasteiger partial charge in [-0.15, -0.1) is 0 Å². The van der Waals surface area contributed by atoms with Crippen molar-refractivity contribution in [3.05, 3.63) is 78.4 Å². The molecule has 3 aromatic carbocycles. The van der Waals surface area contributed by atoms with E-state index in [2.05, 4.69) is 10.6 Å². The Bertz CT molecular complexity index is 1020. The second-order valence-corrected chi connectivity index (χ2v) is 6.22. The van der Waals surface area contributed by atoms with Crippen molar-refractivity contribution < 1.29 is 23.8 Å². The number of nitrogens with one attached hydrogen (secondary N) is 2. The van der Waals surface area contributed by atoms with Crippen LogP contribution in [-0.2, 0) is 4.79 Å². The van der Waals surface area contributed by atoms with E-state index >= 15 is 0 Å². The quantitative estimate of drug-likeness (QED) is 0.591. The zero-order chi connectivity index (χ0) is 21.3. The molecule has 0 aromatic heterocycles. The minimum atomic E-state index is -0.327. The maximum atomic E-state index is 12.4. The lowest BCUT2D eigenvalue weighted by molar-refractivity contribution is -0.118. The van der Waals surface area contributed by atoms with Crippen molar-refractivity contribution in [3.8, 4) is 17.2 Å². The molecule has 154 valence electrons. The number of benzene rings is 3. The molecule has 30 heavy (non-hydrogen) atoms. The molecule has 0 spiro atoms. The predicted molar refractivity (Wildman–Crippen MR) is 115 cm³/mol. The molecule has 2 N–H and O–H groups in total. The molecule has 0 saturated heterocycles. The van der Waals surface area contributed by atoms with E-state index in [-0.39, 0.29) is 18.4 Å². The Morgan fingerprint density at radius 1 is 0.733 bits per heavy atom. The first-order valence-electron chi connectivity index (χ1n) is 9.21. The van der Waals surface area contributed by atoms with E-state index in [0.29, 0.717) is 34.2 Å². The van der Waals surface area contributed by atoms with Crippen molar-refractivity contribution >= 4 is 23.2 Å². The Balaban J connectivity index is 1.56. The Hall–Kier alpha value is -4.00. The van der Waals surface area contributed by atoms with Gasteiger partial charge in [0.2, 0.25) is 0 Å². The molecule has 3 rings (SSSR count). The monoisotopic (exact) mass is 406 g/mol. The first kappa shape index (κ1) is 20.7. The summed E-state index contributed by atoms with van der Waals surface area (Å²) in [6, 6.07) is 20.8. The molecular weight excluding hydrogens is 384 g/mol. The average Bonchev–Trinajstić information content (AvgIpc) is 2.78. The zero-order valence-electron chi connectivity index (χ0n) is 16.7. The van der Waals surface area contributed by atoms with E-state index in [4.69, 9.17) is 14.2 Å². The lowest BCUT2D eigenvalue weighted by atomic mass is 10.2. The zero-order valence-corrected chi connectivity index (χ0v) is 16.7. The molecule has 2 amide bonds. The minimum Gasteiger partial charge on any atom is -0.495 e. The molecule has 0 fully saturated rings. The molecule has 7 nitrogen and oxygen atoms in total. The smallest absolute Gasteiger partial charge is 0.262 e. The number of amides is 2. The summed E-state index contributed by atoms with van der Waals surface area (Å²) in [7, 11) is 3.08. The van der Waals surface area contributed by atoms with Crippen molar-refractivity contribution in [1.29, 1.82) is 0 Å². The van der Waals surface area contributed by atoms with Gasteiger partial charge < -0.3 is 24.8 Å². The molecular formula is C23H22N2O5. The highest BCUT2D eigenvalue weighted by Gasteiger charge is 2.11. The second kappa shape index (κ2) is 9.97. The number of carbonyl (C=O) groups excluding carboxylic acids is 2. The summed E-state index contributed by atoms with van der Waals surface area (Å²) in [6.45, 7) is -0.170. The SMILES string of the molecule is COc1ccccc1NC(=O)c1ccc(NC(=O)COc2ccccc2OC)cc1. The average molecular weight is 406 g/mol. The van der Waals surface area contributed by atoms with Gasteiger partial charge in [-0.2, -0.15) is 0 Å². The van der Waals surface area contributed by atoms with E-state index in [1.807, 2.05) is 18.2 Å². The molecule has 7 heteroatoms. The Morgan fingerprint density at radius 2 is 1.33 bits per heavy atom. The number of ether oxygens (including phenoxy) is 3. The summed E-state index contributed by atoms with van der Waals surface area (Å²) in [5.41, 5.74) is 1.58. The van der Waals surface area contributed by atoms with Crippen LogP contribution < -0.4 is 24.8 Å². The number of hydrogen-bond acceptors (Lipinski definition) is 5. The van der Waals surface area contributed by atoms with E-state index in [1.54, 1.807) is 61.7 Å². The Morgan fingerprint density at radius 3 is 2.00 bits per heavy atom. The van der Waals surface area contributed by atoms with Gasteiger partial charge in [0, 0.05) is 11.3 Å². The van der Waals surface area contributed by atoms with Crippen LogP contribution in [0.1, 0.15) is 10.4 Å². The van der Waals surface area contributed by atoms with Crippen LogP contribution in [0.2, 0.25) is 0 Å². The van der Waals surface area contributed by atoms with Crippen molar-refractivity contribution in [2.24, 2.45) is 0 Å².